The van der Waals surface area contributed by atoms with E-state index >= 15 is 0 Å². The quantitative estimate of drug-likeness (QED) is 0.523. The van der Waals surface area contributed by atoms with Crippen molar-refractivity contribution in [2.75, 3.05) is 0 Å². The van der Waals surface area contributed by atoms with Crippen LogP contribution in [-0.2, 0) is 0 Å². The maximum absolute atomic E-state index is 11.7. The number of halogens is 3. The Hall–Kier alpha value is -1.32. The topological polar surface area (TPSA) is 87.5 Å². The Labute approximate surface area is 145 Å². The fourth-order valence-corrected chi connectivity index (χ4v) is 2.79. The zero-order valence-corrected chi connectivity index (χ0v) is 15.0. The second kappa shape index (κ2) is 7.10. The number of aromatic hydroxyl groups is 1. The zero-order valence-electron chi connectivity index (χ0n) is 10.2. The molecule has 0 saturated carbocycles. The summed E-state index contributed by atoms with van der Waals surface area (Å²) in [6.45, 7) is 0. The first-order chi connectivity index (χ1) is 9.97. The first kappa shape index (κ1) is 16.1. The van der Waals surface area contributed by atoms with E-state index in [2.05, 4.69) is 68.3 Å². The van der Waals surface area contributed by atoms with Crippen molar-refractivity contribution in [1.82, 2.24) is 15.4 Å². The van der Waals surface area contributed by atoms with Crippen LogP contribution >= 0.6 is 47.8 Å². The highest BCUT2D eigenvalue weighted by atomic mass is 79.9. The van der Waals surface area contributed by atoms with Gasteiger partial charge in [0, 0.05) is 22.4 Å². The number of benzene rings is 1. The fourth-order valence-electron chi connectivity index (χ4n) is 1.32. The number of hydrogen-bond donors (Lipinski definition) is 2. The van der Waals surface area contributed by atoms with E-state index in [1.807, 2.05) is 0 Å². The number of nitrogens with one attached hydrogen (secondary N) is 1. The van der Waals surface area contributed by atoms with Crippen LogP contribution in [-0.4, -0.2) is 27.2 Å². The Morgan fingerprint density at radius 2 is 1.86 bits per heavy atom. The number of hydrazone groups is 1. The van der Waals surface area contributed by atoms with Crippen LogP contribution in [0.5, 0.6) is 5.75 Å². The van der Waals surface area contributed by atoms with E-state index in [-0.39, 0.29) is 11.6 Å². The van der Waals surface area contributed by atoms with Gasteiger partial charge in [0.2, 0.25) is 5.82 Å². The van der Waals surface area contributed by atoms with Crippen molar-refractivity contribution in [3.8, 4) is 5.75 Å². The molecule has 2 N–H and O–H groups in total. The van der Waals surface area contributed by atoms with Crippen LogP contribution in [0.1, 0.15) is 16.2 Å². The summed E-state index contributed by atoms with van der Waals surface area (Å²) in [6.07, 6.45) is 4.24. The Kier molecular flexibility index (Phi) is 5.43. The summed E-state index contributed by atoms with van der Waals surface area (Å²) in [7, 11) is 0. The van der Waals surface area contributed by atoms with Gasteiger partial charge >= 0.3 is 5.91 Å². The molecule has 2 aromatic rings. The molecule has 1 heterocycles. The summed E-state index contributed by atoms with van der Waals surface area (Å²) in [5.74, 6) is -0.529. The number of hydrogen-bond acceptors (Lipinski definition) is 5. The van der Waals surface area contributed by atoms with Gasteiger partial charge in [-0.1, -0.05) is 15.9 Å². The van der Waals surface area contributed by atoms with Crippen molar-refractivity contribution in [3.05, 3.63) is 49.3 Å². The van der Waals surface area contributed by atoms with Crippen molar-refractivity contribution in [2.24, 2.45) is 5.10 Å². The molecule has 0 aliphatic heterocycles. The minimum atomic E-state index is -0.549. The molecule has 2 rings (SSSR count). The predicted molar refractivity (Wildman–Crippen MR) is 88.3 cm³/mol. The highest BCUT2D eigenvalue weighted by Crippen LogP contribution is 2.30. The molecule has 1 aromatic carbocycles. The molecule has 0 unspecified atom stereocenters. The van der Waals surface area contributed by atoms with Gasteiger partial charge in [0.1, 0.15) is 5.75 Å². The minimum Gasteiger partial charge on any atom is -0.506 e. The first-order valence-corrected chi connectivity index (χ1v) is 7.84. The van der Waals surface area contributed by atoms with E-state index in [1.165, 1.54) is 18.6 Å². The van der Waals surface area contributed by atoms with E-state index in [1.54, 1.807) is 12.1 Å². The summed E-state index contributed by atoms with van der Waals surface area (Å²) in [6, 6.07) is 3.35. The number of carbonyl (C=O) groups is 1. The summed E-state index contributed by atoms with van der Waals surface area (Å²) < 4.78 is 1.95. The number of amides is 1. The third-order valence-electron chi connectivity index (χ3n) is 2.25. The smallest absolute Gasteiger partial charge is 0.309 e. The van der Waals surface area contributed by atoms with Gasteiger partial charge in [-0.3, -0.25) is 4.79 Å². The molecule has 0 aliphatic carbocycles. The summed E-state index contributed by atoms with van der Waals surface area (Å²) >= 11 is 9.68. The molecule has 21 heavy (non-hydrogen) atoms. The van der Waals surface area contributed by atoms with Crippen molar-refractivity contribution >= 4 is 59.9 Å². The molecule has 0 atom stereocenters. The molecule has 9 heteroatoms. The standard InChI is InChI=1S/C12H7Br3N4O2/c13-7-1-6(10(20)9(15)2-7)3-18-19-12(21)11-16-4-8(14)5-17-11/h1-5,20H,(H,19,21). The maximum atomic E-state index is 11.7. The van der Waals surface area contributed by atoms with Crippen molar-refractivity contribution in [1.29, 1.82) is 0 Å². The van der Waals surface area contributed by atoms with E-state index in [9.17, 15) is 9.90 Å². The number of rotatable bonds is 3. The minimum absolute atomic E-state index is 0.00463. The third kappa shape index (κ3) is 4.32. The van der Waals surface area contributed by atoms with Crippen LogP contribution in [0.2, 0.25) is 0 Å². The molecule has 0 spiro atoms. The lowest BCUT2D eigenvalue weighted by Crippen LogP contribution is -2.20. The summed E-state index contributed by atoms with van der Waals surface area (Å²) in [5.41, 5.74) is 2.72. The van der Waals surface area contributed by atoms with Gasteiger partial charge in [0.05, 0.1) is 15.2 Å². The summed E-state index contributed by atoms with van der Waals surface area (Å²) in [5, 5.41) is 13.6. The highest BCUT2D eigenvalue weighted by Gasteiger charge is 2.08. The predicted octanol–water partition coefficient (Wildman–Crippen LogP) is 3.23. The Balaban J connectivity index is 2.09. The Morgan fingerprint density at radius 1 is 1.19 bits per heavy atom. The van der Waals surface area contributed by atoms with Gasteiger partial charge in [-0.05, 0) is 44.0 Å². The average molecular weight is 479 g/mol. The zero-order chi connectivity index (χ0) is 15.4. The van der Waals surface area contributed by atoms with E-state index < -0.39 is 5.91 Å². The second-order valence-electron chi connectivity index (χ2n) is 3.75. The van der Waals surface area contributed by atoms with Crippen LogP contribution < -0.4 is 5.43 Å². The average Bonchev–Trinajstić information content (AvgIpc) is 2.44. The van der Waals surface area contributed by atoms with Gasteiger partial charge < -0.3 is 5.11 Å². The maximum Gasteiger partial charge on any atom is 0.309 e. The van der Waals surface area contributed by atoms with Gasteiger partial charge in [-0.2, -0.15) is 5.10 Å². The molecule has 108 valence electrons. The molecule has 0 aliphatic rings. The first-order valence-electron chi connectivity index (χ1n) is 5.46. The van der Waals surface area contributed by atoms with E-state index in [4.69, 9.17) is 0 Å². The van der Waals surface area contributed by atoms with Crippen molar-refractivity contribution < 1.29 is 9.90 Å². The SMILES string of the molecule is O=C(NN=Cc1cc(Br)cc(Br)c1O)c1ncc(Br)cn1. The van der Waals surface area contributed by atoms with Gasteiger partial charge in [0.15, 0.2) is 0 Å². The molecule has 6 nitrogen and oxygen atoms in total. The van der Waals surface area contributed by atoms with Gasteiger partial charge in [-0.15, -0.1) is 0 Å². The lowest BCUT2D eigenvalue weighted by molar-refractivity contribution is 0.0944. The summed E-state index contributed by atoms with van der Waals surface area (Å²) in [4.78, 5) is 19.4. The molecular weight excluding hydrogens is 472 g/mol. The number of aromatic nitrogens is 2. The van der Waals surface area contributed by atoms with E-state index in [0.717, 1.165) is 4.47 Å². The molecule has 0 radical (unpaired) electrons. The van der Waals surface area contributed by atoms with Crippen LogP contribution in [0.15, 0.2) is 43.0 Å². The molecular formula is C12H7Br3N4O2. The monoisotopic (exact) mass is 476 g/mol. The molecule has 0 saturated heterocycles. The van der Waals surface area contributed by atoms with Crippen LogP contribution in [0.4, 0.5) is 0 Å². The molecule has 0 bridgehead atoms. The van der Waals surface area contributed by atoms with E-state index in [0.29, 0.717) is 14.5 Å². The third-order valence-corrected chi connectivity index (χ3v) is 3.72. The number of nitrogens with zero attached hydrogens (tertiary/aromatic N) is 3. The van der Waals surface area contributed by atoms with Crippen LogP contribution in [0.3, 0.4) is 0 Å². The highest BCUT2D eigenvalue weighted by molar-refractivity contribution is 9.11. The van der Waals surface area contributed by atoms with Crippen LogP contribution in [0, 0.1) is 0 Å². The van der Waals surface area contributed by atoms with Gasteiger partial charge in [-0.25, -0.2) is 15.4 Å². The number of phenolic OH excluding ortho intramolecular Hbond substituents is 1. The molecule has 1 aromatic heterocycles. The van der Waals surface area contributed by atoms with Crippen molar-refractivity contribution in [2.45, 2.75) is 0 Å². The Morgan fingerprint density at radius 3 is 2.52 bits per heavy atom. The largest absolute Gasteiger partial charge is 0.506 e. The van der Waals surface area contributed by atoms with Crippen LogP contribution in [0.25, 0.3) is 0 Å². The van der Waals surface area contributed by atoms with Gasteiger partial charge in [0.25, 0.3) is 0 Å². The molecule has 1 amide bonds. The Bertz CT molecular complexity index is 704. The fraction of sp³-hybridized carbons (Fsp3) is 0. The molecule has 0 fully saturated rings. The number of carbonyl (C=O) groups excluding carboxylic acids is 1. The lowest BCUT2D eigenvalue weighted by Gasteiger charge is -2.03. The van der Waals surface area contributed by atoms with Crippen molar-refractivity contribution in [3.63, 3.8) is 0 Å². The second-order valence-corrected chi connectivity index (χ2v) is 6.44. The number of phenols is 1. The lowest BCUT2D eigenvalue weighted by atomic mass is 10.2. The normalized spacial score (nSPS) is 10.8.